The lowest BCUT2D eigenvalue weighted by Crippen LogP contribution is -2.48. The molecule has 5 heteroatoms. The number of carbonyl (C=O) groups excluding carboxylic acids is 1. The number of benzene rings is 1. The number of carbonyl (C=O) groups is 1. The average Bonchev–Trinajstić information content (AvgIpc) is 2.22. The number of anilines is 1. The normalized spacial score (nSPS) is 17.3. The summed E-state index contributed by atoms with van der Waals surface area (Å²) in [6.45, 7) is 4.12. The molecule has 0 bridgehead atoms. The highest BCUT2D eigenvalue weighted by molar-refractivity contribution is 9.10. The summed E-state index contributed by atoms with van der Waals surface area (Å²) in [5, 5.41) is 2.90. The van der Waals surface area contributed by atoms with Crippen molar-refractivity contribution in [1.29, 1.82) is 0 Å². The highest BCUT2D eigenvalue weighted by atomic mass is 79.9. The molecule has 0 spiro atoms. The standard InChI is InChI=1S/C12H15BrN2O2/c1-12(6-17-7-12)5-15-11(16)8-2-9(13)4-10(14)3-8/h2-4H,5-7,14H2,1H3,(H,15,16). The second kappa shape index (κ2) is 4.66. The fourth-order valence-electron chi connectivity index (χ4n) is 1.69. The molecule has 0 unspecified atom stereocenters. The third-order valence-corrected chi connectivity index (χ3v) is 3.22. The lowest BCUT2D eigenvalue weighted by Gasteiger charge is -2.38. The Balaban J connectivity index is 1.99. The van der Waals surface area contributed by atoms with Gasteiger partial charge in [-0.3, -0.25) is 4.79 Å². The molecule has 4 nitrogen and oxygen atoms in total. The molecule has 1 fully saturated rings. The molecule has 1 aromatic rings. The van der Waals surface area contributed by atoms with Gasteiger partial charge in [-0.05, 0) is 18.2 Å². The molecule has 0 radical (unpaired) electrons. The van der Waals surface area contributed by atoms with E-state index in [-0.39, 0.29) is 11.3 Å². The zero-order valence-corrected chi connectivity index (χ0v) is 11.2. The van der Waals surface area contributed by atoms with Gasteiger partial charge in [0, 0.05) is 27.7 Å². The number of ether oxygens (including phenoxy) is 1. The summed E-state index contributed by atoms with van der Waals surface area (Å²) in [5.74, 6) is -0.105. The quantitative estimate of drug-likeness (QED) is 0.837. The third-order valence-electron chi connectivity index (χ3n) is 2.76. The van der Waals surface area contributed by atoms with Crippen LogP contribution in [0.2, 0.25) is 0 Å². The maximum atomic E-state index is 11.9. The van der Waals surface area contributed by atoms with Crippen LogP contribution in [0.15, 0.2) is 22.7 Å². The number of rotatable bonds is 3. The van der Waals surface area contributed by atoms with Gasteiger partial charge >= 0.3 is 0 Å². The smallest absolute Gasteiger partial charge is 0.251 e. The monoisotopic (exact) mass is 298 g/mol. The number of nitrogens with one attached hydrogen (secondary N) is 1. The van der Waals surface area contributed by atoms with E-state index < -0.39 is 0 Å². The fourth-order valence-corrected chi connectivity index (χ4v) is 2.20. The van der Waals surface area contributed by atoms with Gasteiger partial charge in [0.1, 0.15) is 0 Å². The van der Waals surface area contributed by atoms with Crippen LogP contribution in [0.4, 0.5) is 5.69 Å². The Morgan fingerprint density at radius 2 is 2.24 bits per heavy atom. The Hall–Kier alpha value is -1.07. The lowest BCUT2D eigenvalue weighted by atomic mass is 9.88. The van der Waals surface area contributed by atoms with Crippen LogP contribution in [-0.2, 0) is 4.74 Å². The Labute approximate surface area is 109 Å². The van der Waals surface area contributed by atoms with E-state index in [1.807, 2.05) is 0 Å². The van der Waals surface area contributed by atoms with Gasteiger partial charge in [-0.2, -0.15) is 0 Å². The van der Waals surface area contributed by atoms with Crippen LogP contribution in [0.1, 0.15) is 17.3 Å². The fraction of sp³-hybridized carbons (Fsp3) is 0.417. The summed E-state index contributed by atoms with van der Waals surface area (Å²) in [5.41, 5.74) is 6.91. The van der Waals surface area contributed by atoms with Crippen LogP contribution in [0.3, 0.4) is 0 Å². The predicted octanol–water partition coefficient (Wildman–Crippen LogP) is 1.80. The molecular formula is C12H15BrN2O2. The van der Waals surface area contributed by atoms with Crippen LogP contribution in [-0.4, -0.2) is 25.7 Å². The largest absolute Gasteiger partial charge is 0.399 e. The van der Waals surface area contributed by atoms with Crippen molar-refractivity contribution in [2.45, 2.75) is 6.92 Å². The predicted molar refractivity (Wildman–Crippen MR) is 69.8 cm³/mol. The molecule has 0 aromatic heterocycles. The van der Waals surface area contributed by atoms with Crippen molar-refractivity contribution in [3.63, 3.8) is 0 Å². The topological polar surface area (TPSA) is 64.4 Å². The van der Waals surface area contributed by atoms with E-state index in [2.05, 4.69) is 28.2 Å². The summed E-state index contributed by atoms with van der Waals surface area (Å²) in [7, 11) is 0. The van der Waals surface area contributed by atoms with Crippen molar-refractivity contribution in [2.75, 3.05) is 25.5 Å². The molecular weight excluding hydrogens is 284 g/mol. The van der Waals surface area contributed by atoms with Crippen molar-refractivity contribution in [3.05, 3.63) is 28.2 Å². The molecule has 0 atom stereocenters. The Kier molecular flexibility index (Phi) is 3.40. The van der Waals surface area contributed by atoms with Crippen molar-refractivity contribution < 1.29 is 9.53 Å². The molecule has 0 saturated carbocycles. The molecule has 1 heterocycles. The summed E-state index contributed by atoms with van der Waals surface area (Å²) in [4.78, 5) is 11.9. The second-order valence-electron chi connectivity index (χ2n) is 4.76. The molecule has 3 N–H and O–H groups in total. The minimum absolute atomic E-state index is 0.0766. The van der Waals surface area contributed by atoms with Crippen LogP contribution >= 0.6 is 15.9 Å². The molecule has 1 aliphatic heterocycles. The van der Waals surface area contributed by atoms with E-state index in [0.29, 0.717) is 31.0 Å². The number of halogens is 1. The van der Waals surface area contributed by atoms with Gasteiger partial charge in [-0.1, -0.05) is 22.9 Å². The van der Waals surface area contributed by atoms with Gasteiger partial charge < -0.3 is 15.8 Å². The van der Waals surface area contributed by atoms with Crippen LogP contribution in [0.25, 0.3) is 0 Å². The van der Waals surface area contributed by atoms with Crippen LogP contribution in [0.5, 0.6) is 0 Å². The van der Waals surface area contributed by atoms with E-state index >= 15 is 0 Å². The second-order valence-corrected chi connectivity index (χ2v) is 5.68. The van der Waals surface area contributed by atoms with Gasteiger partial charge in [0.15, 0.2) is 0 Å². The van der Waals surface area contributed by atoms with E-state index in [1.165, 1.54) is 0 Å². The molecule has 92 valence electrons. The summed E-state index contributed by atoms with van der Waals surface area (Å²) in [6, 6.07) is 5.18. The first-order valence-corrected chi connectivity index (χ1v) is 6.20. The summed E-state index contributed by atoms with van der Waals surface area (Å²) < 4.78 is 5.94. The third kappa shape index (κ3) is 2.98. The Morgan fingerprint density at radius 1 is 1.53 bits per heavy atom. The lowest BCUT2D eigenvalue weighted by molar-refractivity contribution is -0.0978. The van der Waals surface area contributed by atoms with Crippen molar-refractivity contribution in [2.24, 2.45) is 5.41 Å². The number of hydrogen-bond acceptors (Lipinski definition) is 3. The van der Waals surface area contributed by atoms with Crippen molar-refractivity contribution in [1.82, 2.24) is 5.32 Å². The summed E-state index contributed by atoms with van der Waals surface area (Å²) >= 11 is 3.32. The van der Waals surface area contributed by atoms with Crippen molar-refractivity contribution >= 4 is 27.5 Å². The van der Waals surface area contributed by atoms with Gasteiger partial charge in [0.25, 0.3) is 5.91 Å². The SMILES string of the molecule is CC1(CNC(=O)c2cc(N)cc(Br)c2)COC1. The van der Waals surface area contributed by atoms with Gasteiger partial charge in [0.05, 0.1) is 13.2 Å². The van der Waals surface area contributed by atoms with Gasteiger partial charge in [-0.15, -0.1) is 0 Å². The summed E-state index contributed by atoms with van der Waals surface area (Å²) in [6.07, 6.45) is 0. The van der Waals surface area contributed by atoms with Crippen LogP contribution < -0.4 is 11.1 Å². The van der Waals surface area contributed by atoms with Gasteiger partial charge in [0.2, 0.25) is 0 Å². The molecule has 1 saturated heterocycles. The van der Waals surface area contributed by atoms with E-state index in [0.717, 1.165) is 4.47 Å². The van der Waals surface area contributed by atoms with Crippen LogP contribution in [0, 0.1) is 5.41 Å². The first kappa shape index (κ1) is 12.4. The highest BCUT2D eigenvalue weighted by Gasteiger charge is 2.33. The zero-order chi connectivity index (χ0) is 12.5. The highest BCUT2D eigenvalue weighted by Crippen LogP contribution is 2.25. The number of nitrogen functional groups attached to an aromatic ring is 1. The van der Waals surface area contributed by atoms with Gasteiger partial charge in [-0.25, -0.2) is 0 Å². The molecule has 17 heavy (non-hydrogen) atoms. The average molecular weight is 299 g/mol. The number of amides is 1. The Morgan fingerprint density at radius 3 is 2.76 bits per heavy atom. The molecule has 1 amide bonds. The minimum atomic E-state index is -0.105. The first-order chi connectivity index (χ1) is 7.98. The number of nitrogens with two attached hydrogens (primary N) is 1. The minimum Gasteiger partial charge on any atom is -0.399 e. The first-order valence-electron chi connectivity index (χ1n) is 5.41. The maximum absolute atomic E-state index is 11.9. The molecule has 2 rings (SSSR count). The molecule has 1 aliphatic rings. The number of hydrogen-bond donors (Lipinski definition) is 2. The molecule has 0 aliphatic carbocycles. The van der Waals surface area contributed by atoms with E-state index in [4.69, 9.17) is 10.5 Å². The van der Waals surface area contributed by atoms with E-state index in [9.17, 15) is 4.79 Å². The van der Waals surface area contributed by atoms with E-state index in [1.54, 1.807) is 18.2 Å². The zero-order valence-electron chi connectivity index (χ0n) is 9.63. The molecule has 1 aromatic carbocycles. The maximum Gasteiger partial charge on any atom is 0.251 e. The Bertz CT molecular complexity index is 424. The van der Waals surface area contributed by atoms with Crippen molar-refractivity contribution in [3.8, 4) is 0 Å².